The molecule has 162 valence electrons. The zero-order valence-corrected chi connectivity index (χ0v) is 18.4. The zero-order chi connectivity index (χ0) is 20.7. The van der Waals surface area contributed by atoms with Gasteiger partial charge < -0.3 is 24.4 Å². The first-order chi connectivity index (χ1) is 13.9. The number of morpholine rings is 1. The van der Waals surface area contributed by atoms with Crippen molar-refractivity contribution >= 4 is 5.96 Å². The van der Waals surface area contributed by atoms with Crippen molar-refractivity contribution < 1.29 is 14.2 Å². The highest BCUT2D eigenvalue weighted by Crippen LogP contribution is 2.21. The molecular weight excluding hydrogens is 366 g/mol. The van der Waals surface area contributed by atoms with Crippen LogP contribution in [0.1, 0.15) is 51.7 Å². The maximum absolute atomic E-state index is 5.99. The summed E-state index contributed by atoms with van der Waals surface area (Å²) in [5.74, 6) is 0.954. The lowest BCUT2D eigenvalue weighted by Gasteiger charge is -2.37. The van der Waals surface area contributed by atoms with E-state index in [9.17, 15) is 0 Å². The van der Waals surface area contributed by atoms with Gasteiger partial charge in [0.1, 0.15) is 6.10 Å². The summed E-state index contributed by atoms with van der Waals surface area (Å²) in [6.45, 7) is 13.7. The van der Waals surface area contributed by atoms with Crippen LogP contribution in [0.15, 0.2) is 29.3 Å². The van der Waals surface area contributed by atoms with E-state index in [-0.39, 0.29) is 17.8 Å². The van der Waals surface area contributed by atoms with E-state index in [1.165, 1.54) is 11.1 Å². The minimum atomic E-state index is -0.137. The minimum Gasteiger partial charge on any atom is -0.375 e. The molecule has 6 heteroatoms. The van der Waals surface area contributed by atoms with Gasteiger partial charge in [0.2, 0.25) is 0 Å². The largest absolute Gasteiger partial charge is 0.375 e. The highest BCUT2D eigenvalue weighted by molar-refractivity contribution is 5.80. The Labute approximate surface area is 175 Å². The molecule has 2 saturated heterocycles. The number of benzene rings is 1. The van der Waals surface area contributed by atoms with Crippen molar-refractivity contribution in [3.63, 3.8) is 0 Å². The number of aliphatic imine (C=N–C) groups is 1. The summed E-state index contributed by atoms with van der Waals surface area (Å²) < 4.78 is 17.7. The highest BCUT2D eigenvalue weighted by Gasteiger charge is 2.32. The Morgan fingerprint density at radius 2 is 2.00 bits per heavy atom. The maximum atomic E-state index is 5.99. The Kier molecular flexibility index (Phi) is 7.92. The molecule has 0 aromatic heterocycles. The molecule has 2 heterocycles. The van der Waals surface area contributed by atoms with Crippen molar-refractivity contribution in [2.75, 3.05) is 32.8 Å². The highest BCUT2D eigenvalue weighted by atomic mass is 16.5. The first-order valence-electron chi connectivity index (χ1n) is 10.9. The van der Waals surface area contributed by atoms with Gasteiger partial charge >= 0.3 is 0 Å². The number of nitrogens with one attached hydrogen (secondary N) is 1. The van der Waals surface area contributed by atoms with Gasteiger partial charge in [0.05, 0.1) is 31.5 Å². The molecule has 3 rings (SSSR count). The fourth-order valence-corrected chi connectivity index (χ4v) is 3.70. The summed E-state index contributed by atoms with van der Waals surface area (Å²) in [7, 11) is 0. The molecule has 0 amide bonds. The van der Waals surface area contributed by atoms with Crippen LogP contribution in [0.25, 0.3) is 0 Å². The van der Waals surface area contributed by atoms with Crippen LogP contribution in [0.2, 0.25) is 0 Å². The Hall–Kier alpha value is -1.63. The lowest BCUT2D eigenvalue weighted by Crippen LogP contribution is -2.53. The van der Waals surface area contributed by atoms with Crippen LogP contribution in [-0.4, -0.2) is 61.5 Å². The molecule has 0 aliphatic carbocycles. The molecule has 6 nitrogen and oxygen atoms in total. The number of ether oxygens (including phenoxy) is 3. The van der Waals surface area contributed by atoms with Crippen molar-refractivity contribution in [2.24, 2.45) is 4.99 Å². The Balaban J connectivity index is 1.62. The van der Waals surface area contributed by atoms with Gasteiger partial charge in [-0.2, -0.15) is 0 Å². The molecule has 29 heavy (non-hydrogen) atoms. The van der Waals surface area contributed by atoms with Crippen molar-refractivity contribution in [1.29, 1.82) is 0 Å². The first kappa shape index (κ1) is 22.1. The van der Waals surface area contributed by atoms with Crippen molar-refractivity contribution in [1.82, 2.24) is 10.2 Å². The van der Waals surface area contributed by atoms with Crippen molar-refractivity contribution in [3.8, 4) is 0 Å². The predicted octanol–water partition coefficient (Wildman–Crippen LogP) is 3.35. The van der Waals surface area contributed by atoms with E-state index in [1.807, 2.05) is 0 Å². The van der Waals surface area contributed by atoms with E-state index in [0.717, 1.165) is 45.0 Å². The van der Waals surface area contributed by atoms with Crippen LogP contribution in [-0.2, 0) is 27.4 Å². The smallest absolute Gasteiger partial charge is 0.194 e. The Morgan fingerprint density at radius 3 is 2.72 bits per heavy atom. The molecule has 1 aromatic carbocycles. The number of hydrogen-bond donors (Lipinski definition) is 1. The van der Waals surface area contributed by atoms with Crippen LogP contribution < -0.4 is 5.32 Å². The van der Waals surface area contributed by atoms with E-state index >= 15 is 0 Å². The van der Waals surface area contributed by atoms with Crippen LogP contribution in [0, 0.1) is 0 Å². The van der Waals surface area contributed by atoms with Crippen LogP contribution >= 0.6 is 0 Å². The lowest BCUT2D eigenvalue weighted by atomic mass is 10.1. The summed E-state index contributed by atoms with van der Waals surface area (Å²) in [6, 6.07) is 8.51. The van der Waals surface area contributed by atoms with E-state index < -0.39 is 0 Å². The fraction of sp³-hybridized carbons (Fsp3) is 0.696. The second kappa shape index (κ2) is 10.4. The fourth-order valence-electron chi connectivity index (χ4n) is 3.70. The molecule has 2 unspecified atom stereocenters. The molecule has 0 spiro atoms. The van der Waals surface area contributed by atoms with Crippen LogP contribution in [0.3, 0.4) is 0 Å². The molecule has 2 aliphatic rings. The lowest BCUT2D eigenvalue weighted by molar-refractivity contribution is -0.0817. The molecule has 0 bridgehead atoms. The molecule has 1 N–H and O–H groups in total. The predicted molar refractivity (Wildman–Crippen MR) is 116 cm³/mol. The van der Waals surface area contributed by atoms with Gasteiger partial charge in [-0.25, -0.2) is 4.99 Å². The maximum Gasteiger partial charge on any atom is 0.194 e. The van der Waals surface area contributed by atoms with E-state index in [2.05, 4.69) is 62.2 Å². The summed E-state index contributed by atoms with van der Waals surface area (Å²) in [6.07, 6.45) is 2.58. The number of guanidine groups is 1. The van der Waals surface area contributed by atoms with Gasteiger partial charge in [0.15, 0.2) is 5.96 Å². The molecule has 2 fully saturated rings. The Morgan fingerprint density at radius 1 is 1.21 bits per heavy atom. The van der Waals surface area contributed by atoms with Gasteiger partial charge in [-0.15, -0.1) is 0 Å². The van der Waals surface area contributed by atoms with Gasteiger partial charge in [0.25, 0.3) is 0 Å². The normalized spacial score (nSPS) is 23.4. The summed E-state index contributed by atoms with van der Waals surface area (Å²) >= 11 is 0. The zero-order valence-electron chi connectivity index (χ0n) is 18.4. The van der Waals surface area contributed by atoms with Gasteiger partial charge in [-0.3, -0.25) is 0 Å². The average Bonchev–Trinajstić information content (AvgIpc) is 3.24. The van der Waals surface area contributed by atoms with E-state index in [4.69, 9.17) is 19.2 Å². The average molecular weight is 404 g/mol. The molecule has 2 atom stereocenters. The summed E-state index contributed by atoms with van der Waals surface area (Å²) in [4.78, 5) is 7.22. The molecule has 2 aliphatic heterocycles. The number of rotatable bonds is 6. The van der Waals surface area contributed by atoms with Gasteiger partial charge in [-0.1, -0.05) is 24.3 Å². The monoisotopic (exact) mass is 403 g/mol. The first-order valence-corrected chi connectivity index (χ1v) is 10.9. The number of nitrogens with zero attached hydrogens (tertiary/aromatic N) is 2. The third-order valence-corrected chi connectivity index (χ3v) is 5.18. The topological polar surface area (TPSA) is 55.3 Å². The SMILES string of the molecule is CCNC(=NCc1cccc(COC(C)(C)C)c1)N1CCOC(C2CCCO2)C1. The van der Waals surface area contributed by atoms with E-state index in [0.29, 0.717) is 19.8 Å². The Bertz CT molecular complexity index is 666. The number of hydrogen-bond acceptors (Lipinski definition) is 4. The molecule has 0 radical (unpaired) electrons. The van der Waals surface area contributed by atoms with E-state index in [1.54, 1.807) is 0 Å². The van der Waals surface area contributed by atoms with Crippen LogP contribution in [0.5, 0.6) is 0 Å². The second-order valence-corrected chi connectivity index (χ2v) is 8.80. The molecule has 1 aromatic rings. The summed E-state index contributed by atoms with van der Waals surface area (Å²) in [5, 5.41) is 3.45. The van der Waals surface area contributed by atoms with Gasteiger partial charge in [0, 0.05) is 26.2 Å². The molecular formula is C23H37N3O3. The van der Waals surface area contributed by atoms with Crippen LogP contribution in [0.4, 0.5) is 0 Å². The second-order valence-electron chi connectivity index (χ2n) is 8.80. The third-order valence-electron chi connectivity index (χ3n) is 5.18. The minimum absolute atomic E-state index is 0.132. The quantitative estimate of drug-likeness (QED) is 0.583. The van der Waals surface area contributed by atoms with Crippen molar-refractivity contribution in [3.05, 3.63) is 35.4 Å². The molecule has 0 saturated carbocycles. The standard InChI is InChI=1S/C23H37N3O3/c1-5-24-22(26-11-13-28-21(16-26)20-10-7-12-27-20)25-15-18-8-6-9-19(14-18)17-29-23(2,3)4/h6,8-9,14,20-21H,5,7,10-13,15-17H2,1-4H3,(H,24,25). The third kappa shape index (κ3) is 6.98. The van der Waals surface area contributed by atoms with Crippen molar-refractivity contribution in [2.45, 2.75) is 71.5 Å². The summed E-state index contributed by atoms with van der Waals surface area (Å²) in [5.41, 5.74) is 2.24. The van der Waals surface area contributed by atoms with Gasteiger partial charge in [-0.05, 0) is 51.7 Å².